The van der Waals surface area contributed by atoms with Crippen LogP contribution in [0.2, 0.25) is 0 Å². The van der Waals surface area contributed by atoms with Crippen molar-refractivity contribution in [3.8, 4) is 5.69 Å². The molecule has 0 saturated heterocycles. The van der Waals surface area contributed by atoms with Crippen molar-refractivity contribution in [2.45, 2.75) is 0 Å². The van der Waals surface area contributed by atoms with Gasteiger partial charge in [0.25, 0.3) is 0 Å². The third kappa shape index (κ3) is 2.19. The summed E-state index contributed by atoms with van der Waals surface area (Å²) in [5.74, 6) is -2.78. The first kappa shape index (κ1) is 11.7. The second kappa shape index (κ2) is 4.25. The number of carbonyl (C=O) groups is 1. The van der Waals surface area contributed by atoms with Crippen LogP contribution in [0.4, 0.5) is 8.78 Å². The summed E-state index contributed by atoms with van der Waals surface area (Å²) in [6.07, 6.45) is 1.28. The minimum Gasteiger partial charge on any atom is -0.476 e. The van der Waals surface area contributed by atoms with Gasteiger partial charge in [-0.1, -0.05) is 0 Å². The number of hydrogen-bond acceptors (Lipinski definition) is 2. The Morgan fingerprint density at radius 1 is 1.35 bits per heavy atom. The van der Waals surface area contributed by atoms with Crippen LogP contribution in [-0.4, -0.2) is 20.9 Å². The summed E-state index contributed by atoms with van der Waals surface area (Å²) in [4.78, 5) is 10.6. The van der Waals surface area contributed by atoms with Gasteiger partial charge < -0.3 is 5.11 Å². The van der Waals surface area contributed by atoms with E-state index in [0.717, 1.165) is 4.68 Å². The van der Waals surface area contributed by atoms with Gasteiger partial charge in [0, 0.05) is 12.3 Å². The van der Waals surface area contributed by atoms with Crippen LogP contribution in [0.3, 0.4) is 0 Å². The Hall–Kier alpha value is -1.76. The SMILES string of the molecule is O=C(O)c1ccn(-c2cc(Br)c(F)cc2F)n1. The first-order valence-corrected chi connectivity index (χ1v) is 5.22. The second-order valence-electron chi connectivity index (χ2n) is 3.17. The van der Waals surface area contributed by atoms with Gasteiger partial charge in [0.15, 0.2) is 11.5 Å². The van der Waals surface area contributed by atoms with Gasteiger partial charge >= 0.3 is 5.97 Å². The Bertz CT molecular complexity index is 598. The summed E-state index contributed by atoms with van der Waals surface area (Å²) in [6, 6.07) is 3.10. The normalized spacial score (nSPS) is 10.5. The first-order chi connectivity index (χ1) is 7.99. The van der Waals surface area contributed by atoms with E-state index in [1.807, 2.05) is 0 Å². The van der Waals surface area contributed by atoms with E-state index in [2.05, 4.69) is 21.0 Å². The third-order valence-corrected chi connectivity index (χ3v) is 2.65. The summed E-state index contributed by atoms with van der Waals surface area (Å²) in [6.45, 7) is 0. The van der Waals surface area contributed by atoms with Crippen LogP contribution in [-0.2, 0) is 0 Å². The van der Waals surface area contributed by atoms with E-state index in [9.17, 15) is 13.6 Å². The summed E-state index contributed by atoms with van der Waals surface area (Å²) in [5, 5.41) is 12.3. The zero-order valence-electron chi connectivity index (χ0n) is 8.19. The number of nitrogens with zero attached hydrogens (tertiary/aromatic N) is 2. The average Bonchev–Trinajstić information content (AvgIpc) is 2.72. The molecule has 1 N–H and O–H groups in total. The zero-order valence-corrected chi connectivity index (χ0v) is 9.78. The standard InChI is InChI=1S/C10H5BrF2N2O2/c11-5-3-9(7(13)4-6(5)12)15-2-1-8(14-15)10(16)17/h1-4H,(H,16,17). The molecule has 0 saturated carbocycles. The maximum absolute atomic E-state index is 13.5. The molecule has 0 aliphatic rings. The molecule has 1 heterocycles. The number of hydrogen-bond donors (Lipinski definition) is 1. The molecule has 0 spiro atoms. The maximum atomic E-state index is 13.5. The van der Waals surface area contributed by atoms with Crippen LogP contribution in [0.1, 0.15) is 10.5 Å². The van der Waals surface area contributed by atoms with Crippen LogP contribution in [0.25, 0.3) is 5.69 Å². The molecule has 0 atom stereocenters. The molecule has 17 heavy (non-hydrogen) atoms. The monoisotopic (exact) mass is 302 g/mol. The smallest absolute Gasteiger partial charge is 0.356 e. The molecule has 88 valence electrons. The Kier molecular flexibility index (Phi) is 2.93. The molecule has 2 rings (SSSR count). The highest BCUT2D eigenvalue weighted by atomic mass is 79.9. The van der Waals surface area contributed by atoms with Gasteiger partial charge in [-0.15, -0.1) is 0 Å². The van der Waals surface area contributed by atoms with E-state index in [1.165, 1.54) is 18.3 Å². The lowest BCUT2D eigenvalue weighted by Crippen LogP contribution is -2.03. The van der Waals surface area contributed by atoms with Crippen molar-refractivity contribution in [1.29, 1.82) is 0 Å². The molecule has 0 amide bonds. The number of benzene rings is 1. The summed E-state index contributed by atoms with van der Waals surface area (Å²) < 4.78 is 27.6. The highest BCUT2D eigenvalue weighted by Crippen LogP contribution is 2.22. The van der Waals surface area contributed by atoms with E-state index in [1.54, 1.807) is 0 Å². The molecule has 2 aromatic rings. The number of halogens is 3. The Morgan fingerprint density at radius 3 is 2.65 bits per heavy atom. The molecule has 0 radical (unpaired) electrons. The molecule has 4 nitrogen and oxygen atoms in total. The largest absolute Gasteiger partial charge is 0.476 e. The molecule has 7 heteroatoms. The van der Waals surface area contributed by atoms with Gasteiger partial charge in [-0.3, -0.25) is 0 Å². The van der Waals surface area contributed by atoms with Crippen molar-refractivity contribution in [3.63, 3.8) is 0 Å². The van der Waals surface area contributed by atoms with Crippen LogP contribution in [0, 0.1) is 11.6 Å². The van der Waals surface area contributed by atoms with Crippen LogP contribution in [0.5, 0.6) is 0 Å². The molecular formula is C10H5BrF2N2O2. The summed E-state index contributed by atoms with van der Waals surface area (Å²) in [5.41, 5.74) is -0.254. The van der Waals surface area contributed by atoms with Crippen LogP contribution >= 0.6 is 15.9 Å². The molecule has 0 bridgehead atoms. The topological polar surface area (TPSA) is 55.1 Å². The maximum Gasteiger partial charge on any atom is 0.356 e. The predicted molar refractivity (Wildman–Crippen MR) is 58.1 cm³/mol. The molecule has 1 aromatic carbocycles. The van der Waals surface area contributed by atoms with Crippen LogP contribution < -0.4 is 0 Å². The summed E-state index contributed by atoms with van der Waals surface area (Å²) in [7, 11) is 0. The van der Waals surface area contributed by atoms with E-state index < -0.39 is 17.6 Å². The fourth-order valence-corrected chi connectivity index (χ4v) is 1.59. The number of aromatic nitrogens is 2. The molecule has 1 aromatic heterocycles. The van der Waals surface area contributed by atoms with Crippen molar-refractivity contribution >= 4 is 21.9 Å². The van der Waals surface area contributed by atoms with Crippen molar-refractivity contribution in [1.82, 2.24) is 9.78 Å². The fourth-order valence-electron chi connectivity index (χ4n) is 1.26. The predicted octanol–water partition coefficient (Wildman–Crippen LogP) is 2.61. The van der Waals surface area contributed by atoms with E-state index in [4.69, 9.17) is 5.11 Å². The number of carboxylic acids is 1. The lowest BCUT2D eigenvalue weighted by atomic mass is 10.3. The number of rotatable bonds is 2. The molecule has 0 aliphatic carbocycles. The average molecular weight is 303 g/mol. The molecular weight excluding hydrogens is 298 g/mol. The van der Waals surface area contributed by atoms with Gasteiger partial charge in [-0.2, -0.15) is 5.10 Å². The van der Waals surface area contributed by atoms with Gasteiger partial charge in [0.1, 0.15) is 11.5 Å². The van der Waals surface area contributed by atoms with Crippen molar-refractivity contribution < 1.29 is 18.7 Å². The number of aromatic carboxylic acids is 1. The Morgan fingerprint density at radius 2 is 2.06 bits per heavy atom. The van der Waals surface area contributed by atoms with Crippen LogP contribution in [0.15, 0.2) is 28.9 Å². The Balaban J connectivity index is 2.52. The third-order valence-electron chi connectivity index (χ3n) is 2.04. The van der Waals surface area contributed by atoms with E-state index in [-0.39, 0.29) is 15.9 Å². The zero-order chi connectivity index (χ0) is 12.6. The van der Waals surface area contributed by atoms with Gasteiger partial charge in [0.05, 0.1) is 4.47 Å². The van der Waals surface area contributed by atoms with Crippen molar-refractivity contribution in [3.05, 3.63) is 46.2 Å². The minimum atomic E-state index is -1.22. The van der Waals surface area contributed by atoms with E-state index >= 15 is 0 Å². The van der Waals surface area contributed by atoms with Crippen molar-refractivity contribution in [2.24, 2.45) is 0 Å². The highest BCUT2D eigenvalue weighted by molar-refractivity contribution is 9.10. The quantitative estimate of drug-likeness (QED) is 0.868. The minimum absolute atomic E-state index is 0.0363. The van der Waals surface area contributed by atoms with Gasteiger partial charge in [0.2, 0.25) is 0 Å². The first-order valence-electron chi connectivity index (χ1n) is 4.43. The van der Waals surface area contributed by atoms with Gasteiger partial charge in [-0.25, -0.2) is 18.3 Å². The highest BCUT2D eigenvalue weighted by Gasteiger charge is 2.13. The lowest BCUT2D eigenvalue weighted by molar-refractivity contribution is 0.0690. The lowest BCUT2D eigenvalue weighted by Gasteiger charge is -2.04. The fraction of sp³-hybridized carbons (Fsp3) is 0. The van der Waals surface area contributed by atoms with E-state index in [0.29, 0.717) is 6.07 Å². The second-order valence-corrected chi connectivity index (χ2v) is 4.02. The molecule has 0 unspecified atom stereocenters. The van der Waals surface area contributed by atoms with Crippen molar-refractivity contribution in [2.75, 3.05) is 0 Å². The molecule has 0 aliphatic heterocycles. The Labute approximate surface area is 103 Å². The summed E-state index contributed by atoms with van der Waals surface area (Å²) >= 11 is 2.91. The molecule has 0 fully saturated rings. The van der Waals surface area contributed by atoms with Gasteiger partial charge in [-0.05, 0) is 28.1 Å². The number of carboxylic acid groups (broad SMARTS) is 1.